The predicted molar refractivity (Wildman–Crippen MR) is 116 cm³/mol. The number of rotatable bonds is 6. The minimum atomic E-state index is -0.365. The lowest BCUT2D eigenvalue weighted by atomic mass is 9.95. The Labute approximate surface area is 175 Å². The standard InChI is InChI=1S/C23H24ClN3O2/c1-3-4-7-13-29-22(28)20-15(2)25-23-26-18-11-5-6-12-19(18)27(23)21(20)16-9-8-10-17(24)14-16/h5-6,8-12,14,21H,3-4,7,13H2,1-2H3,(H,25,26). The molecular weight excluding hydrogens is 386 g/mol. The lowest BCUT2D eigenvalue weighted by Crippen LogP contribution is -2.29. The number of imidazole rings is 1. The smallest absolute Gasteiger partial charge is 0.338 e. The second-order valence-corrected chi connectivity index (χ2v) is 7.69. The third-order valence-electron chi connectivity index (χ3n) is 5.20. The number of nitrogens with one attached hydrogen (secondary N) is 1. The first-order valence-electron chi connectivity index (χ1n) is 9.97. The minimum absolute atomic E-state index is 0.306. The van der Waals surface area contributed by atoms with E-state index in [1.807, 2.05) is 55.5 Å². The number of carbonyl (C=O) groups is 1. The Balaban J connectivity index is 1.81. The second-order valence-electron chi connectivity index (χ2n) is 7.26. The molecule has 1 unspecified atom stereocenters. The summed E-state index contributed by atoms with van der Waals surface area (Å²) in [6, 6.07) is 15.2. The number of anilines is 1. The number of nitrogens with zero attached hydrogens (tertiary/aromatic N) is 2. The fourth-order valence-corrected chi connectivity index (χ4v) is 4.01. The van der Waals surface area contributed by atoms with Gasteiger partial charge in [-0.15, -0.1) is 0 Å². The molecule has 0 spiro atoms. The third kappa shape index (κ3) is 3.75. The van der Waals surface area contributed by atoms with Crippen molar-refractivity contribution in [1.29, 1.82) is 0 Å². The van der Waals surface area contributed by atoms with Crippen molar-refractivity contribution in [3.8, 4) is 0 Å². The number of fused-ring (bicyclic) bond motifs is 3. The zero-order valence-corrected chi connectivity index (χ0v) is 17.4. The summed E-state index contributed by atoms with van der Waals surface area (Å²) in [5.74, 6) is 0.399. The van der Waals surface area contributed by atoms with E-state index < -0.39 is 0 Å². The van der Waals surface area contributed by atoms with Gasteiger partial charge in [0.05, 0.1) is 29.3 Å². The Morgan fingerprint density at radius 3 is 2.83 bits per heavy atom. The number of hydrogen-bond acceptors (Lipinski definition) is 4. The molecule has 5 nitrogen and oxygen atoms in total. The van der Waals surface area contributed by atoms with Crippen LogP contribution in [0.3, 0.4) is 0 Å². The van der Waals surface area contributed by atoms with Gasteiger partial charge >= 0.3 is 5.97 Å². The number of aromatic nitrogens is 2. The van der Waals surface area contributed by atoms with Crippen LogP contribution in [0, 0.1) is 0 Å². The van der Waals surface area contributed by atoms with Gasteiger partial charge < -0.3 is 10.1 Å². The van der Waals surface area contributed by atoms with Crippen LogP contribution in [0.5, 0.6) is 0 Å². The highest BCUT2D eigenvalue weighted by molar-refractivity contribution is 6.30. The maximum Gasteiger partial charge on any atom is 0.338 e. The Bertz CT molecular complexity index is 1090. The Kier molecular flexibility index (Phi) is 5.58. The van der Waals surface area contributed by atoms with E-state index in [2.05, 4.69) is 16.8 Å². The summed E-state index contributed by atoms with van der Waals surface area (Å²) in [5.41, 5.74) is 4.07. The molecule has 0 fully saturated rings. The molecule has 150 valence electrons. The minimum Gasteiger partial charge on any atom is -0.462 e. The quantitative estimate of drug-likeness (QED) is 0.418. The molecule has 2 heterocycles. The van der Waals surface area contributed by atoms with E-state index in [9.17, 15) is 4.79 Å². The first-order chi connectivity index (χ1) is 14.1. The number of hydrogen-bond donors (Lipinski definition) is 1. The molecule has 0 saturated heterocycles. The van der Waals surface area contributed by atoms with E-state index in [0.29, 0.717) is 23.2 Å². The number of halogens is 1. The van der Waals surface area contributed by atoms with Gasteiger partial charge in [-0.25, -0.2) is 9.78 Å². The van der Waals surface area contributed by atoms with Crippen molar-refractivity contribution in [2.45, 2.75) is 39.2 Å². The van der Waals surface area contributed by atoms with E-state index in [1.165, 1.54) is 0 Å². The molecule has 0 amide bonds. The second kappa shape index (κ2) is 8.29. The number of allylic oxidation sites excluding steroid dienone is 1. The van der Waals surface area contributed by atoms with Gasteiger partial charge in [0.15, 0.2) is 0 Å². The molecule has 0 saturated carbocycles. The van der Waals surface area contributed by atoms with Crippen molar-refractivity contribution in [2.75, 3.05) is 11.9 Å². The van der Waals surface area contributed by atoms with Crippen molar-refractivity contribution < 1.29 is 9.53 Å². The number of benzene rings is 2. The number of unbranched alkanes of at least 4 members (excludes halogenated alkanes) is 2. The van der Waals surface area contributed by atoms with Crippen molar-refractivity contribution in [3.63, 3.8) is 0 Å². The van der Waals surface area contributed by atoms with Crippen molar-refractivity contribution >= 4 is 34.6 Å². The van der Waals surface area contributed by atoms with Crippen molar-refractivity contribution in [2.24, 2.45) is 0 Å². The summed E-state index contributed by atoms with van der Waals surface area (Å²) < 4.78 is 7.69. The first kappa shape index (κ1) is 19.5. The Morgan fingerprint density at radius 1 is 1.21 bits per heavy atom. The monoisotopic (exact) mass is 409 g/mol. The fraction of sp³-hybridized carbons (Fsp3) is 0.304. The normalized spacial score (nSPS) is 15.9. The van der Waals surface area contributed by atoms with E-state index in [4.69, 9.17) is 21.3 Å². The van der Waals surface area contributed by atoms with E-state index >= 15 is 0 Å². The lowest BCUT2D eigenvalue weighted by Gasteiger charge is -2.30. The van der Waals surface area contributed by atoms with Gasteiger partial charge in [0, 0.05) is 10.7 Å². The average molecular weight is 410 g/mol. The maximum atomic E-state index is 13.1. The summed E-state index contributed by atoms with van der Waals surface area (Å²) in [5, 5.41) is 3.92. The molecule has 0 bridgehead atoms. The molecule has 2 aromatic carbocycles. The van der Waals surface area contributed by atoms with Crippen LogP contribution in [0.2, 0.25) is 5.02 Å². The summed E-state index contributed by atoms with van der Waals surface area (Å²) in [6.07, 6.45) is 2.98. The summed E-state index contributed by atoms with van der Waals surface area (Å²) in [6.45, 7) is 4.44. The number of para-hydroxylation sites is 2. The highest BCUT2D eigenvalue weighted by Crippen LogP contribution is 2.40. The summed E-state index contributed by atoms with van der Waals surface area (Å²) >= 11 is 6.29. The zero-order valence-electron chi connectivity index (χ0n) is 16.6. The average Bonchev–Trinajstić information content (AvgIpc) is 3.07. The molecular formula is C23H24ClN3O2. The van der Waals surface area contributed by atoms with Crippen LogP contribution in [0.25, 0.3) is 11.0 Å². The van der Waals surface area contributed by atoms with Gasteiger partial charge in [0.25, 0.3) is 0 Å². The van der Waals surface area contributed by atoms with Crippen LogP contribution >= 0.6 is 11.6 Å². The summed E-state index contributed by atoms with van der Waals surface area (Å²) in [7, 11) is 0. The van der Waals surface area contributed by atoms with Gasteiger partial charge in [-0.05, 0) is 43.2 Å². The van der Waals surface area contributed by atoms with Crippen LogP contribution in [-0.2, 0) is 9.53 Å². The molecule has 4 rings (SSSR count). The van der Waals surface area contributed by atoms with Gasteiger partial charge in [-0.2, -0.15) is 0 Å². The topological polar surface area (TPSA) is 56.1 Å². The van der Waals surface area contributed by atoms with Gasteiger partial charge in [-0.1, -0.05) is 55.6 Å². The highest BCUT2D eigenvalue weighted by Gasteiger charge is 2.35. The molecule has 1 atom stereocenters. The molecule has 1 aromatic heterocycles. The number of esters is 1. The predicted octanol–water partition coefficient (Wildman–Crippen LogP) is 5.71. The number of ether oxygens (including phenoxy) is 1. The largest absolute Gasteiger partial charge is 0.462 e. The van der Waals surface area contributed by atoms with Crippen LogP contribution in [0.4, 0.5) is 5.95 Å². The molecule has 0 radical (unpaired) electrons. The molecule has 0 aliphatic carbocycles. The van der Waals surface area contributed by atoms with Crippen molar-refractivity contribution in [3.05, 3.63) is 70.4 Å². The Morgan fingerprint density at radius 2 is 2.03 bits per heavy atom. The lowest BCUT2D eigenvalue weighted by molar-refractivity contribution is -0.139. The van der Waals surface area contributed by atoms with E-state index in [-0.39, 0.29) is 12.0 Å². The van der Waals surface area contributed by atoms with Gasteiger partial charge in [-0.3, -0.25) is 4.57 Å². The molecule has 6 heteroatoms. The van der Waals surface area contributed by atoms with E-state index in [0.717, 1.165) is 41.6 Å². The van der Waals surface area contributed by atoms with Crippen LogP contribution < -0.4 is 5.32 Å². The van der Waals surface area contributed by atoms with Crippen LogP contribution in [0.15, 0.2) is 59.8 Å². The Hall–Kier alpha value is -2.79. The molecule has 29 heavy (non-hydrogen) atoms. The van der Waals surface area contributed by atoms with Crippen LogP contribution in [0.1, 0.15) is 44.7 Å². The van der Waals surface area contributed by atoms with E-state index in [1.54, 1.807) is 0 Å². The molecule has 3 aromatic rings. The molecule has 1 N–H and O–H groups in total. The highest BCUT2D eigenvalue weighted by atomic mass is 35.5. The van der Waals surface area contributed by atoms with Gasteiger partial charge in [0.1, 0.15) is 0 Å². The number of carbonyl (C=O) groups excluding carboxylic acids is 1. The van der Waals surface area contributed by atoms with Crippen LogP contribution in [-0.4, -0.2) is 22.1 Å². The maximum absolute atomic E-state index is 13.1. The van der Waals surface area contributed by atoms with Crippen molar-refractivity contribution in [1.82, 2.24) is 9.55 Å². The zero-order chi connectivity index (χ0) is 20.4. The van der Waals surface area contributed by atoms with Gasteiger partial charge in [0.2, 0.25) is 5.95 Å². The summed E-state index contributed by atoms with van der Waals surface area (Å²) in [4.78, 5) is 17.8. The first-order valence-corrected chi connectivity index (χ1v) is 10.3. The molecule has 1 aliphatic rings. The molecule has 1 aliphatic heterocycles. The SMILES string of the molecule is CCCCCOC(=O)C1=C(C)Nc2nc3ccccc3n2C1c1cccc(Cl)c1. The third-order valence-corrected chi connectivity index (χ3v) is 5.43. The fourth-order valence-electron chi connectivity index (χ4n) is 3.82.